The summed E-state index contributed by atoms with van der Waals surface area (Å²) in [4.78, 5) is 15.4. The highest BCUT2D eigenvalue weighted by atomic mass is 16.6. The maximum atomic E-state index is 10.5. The second kappa shape index (κ2) is 5.80. The lowest BCUT2D eigenvalue weighted by Crippen LogP contribution is -2.35. The van der Waals surface area contributed by atoms with Gasteiger partial charge in [0.2, 0.25) is 5.91 Å². The van der Waals surface area contributed by atoms with Gasteiger partial charge < -0.3 is 10.5 Å². The molecule has 5 nitrogen and oxygen atoms in total. The topological polar surface area (TPSA) is 73.6 Å². The molecule has 17 heavy (non-hydrogen) atoms. The normalized spacial score (nSPS) is 27.4. The molecule has 1 aliphatic carbocycles. The molecule has 1 spiro atoms. The van der Waals surface area contributed by atoms with Crippen LogP contribution in [0.1, 0.15) is 44.9 Å². The molecule has 1 saturated carbocycles. The number of hydroxylamine groups is 1. The number of rotatable bonds is 5. The number of nitrogens with one attached hydrogen (secondary N) is 1. The second-order valence-electron chi connectivity index (χ2n) is 5.13. The molecule has 0 bridgehead atoms. The molecular weight excluding hydrogens is 220 g/mol. The first kappa shape index (κ1) is 12.8. The van der Waals surface area contributed by atoms with Crippen molar-refractivity contribution < 1.29 is 14.4 Å². The number of hydrogen-bond acceptors (Lipinski definition) is 4. The first-order valence-corrected chi connectivity index (χ1v) is 6.51. The van der Waals surface area contributed by atoms with Crippen molar-refractivity contribution in [2.45, 2.75) is 56.7 Å². The van der Waals surface area contributed by atoms with Crippen LogP contribution in [-0.2, 0) is 14.4 Å². The Morgan fingerprint density at radius 3 is 2.82 bits per heavy atom. The highest BCUT2D eigenvalue weighted by molar-refractivity contribution is 5.74. The Hall–Kier alpha value is -0.650. The van der Waals surface area contributed by atoms with Gasteiger partial charge in [-0.3, -0.25) is 9.63 Å². The summed E-state index contributed by atoms with van der Waals surface area (Å²) in [5.41, 5.74) is 7.87. The largest absolute Gasteiger partial charge is 0.370 e. The number of hydrogen-bond donors (Lipinski definition) is 2. The van der Waals surface area contributed by atoms with Crippen molar-refractivity contribution in [2.24, 2.45) is 5.73 Å². The zero-order valence-electron chi connectivity index (χ0n) is 10.2. The van der Waals surface area contributed by atoms with Gasteiger partial charge in [-0.25, -0.2) is 0 Å². The van der Waals surface area contributed by atoms with E-state index in [4.69, 9.17) is 15.3 Å². The predicted octanol–water partition coefficient (Wildman–Crippen LogP) is 0.875. The predicted molar refractivity (Wildman–Crippen MR) is 63.1 cm³/mol. The maximum Gasteiger partial charge on any atom is 0.245 e. The molecule has 3 N–H and O–H groups in total. The second-order valence-corrected chi connectivity index (χ2v) is 5.13. The molecule has 2 fully saturated rings. The number of ether oxygens (including phenoxy) is 1. The SMILES string of the molecule is NC(=O)CONCC1CCC2(CCCCC2)O1. The molecule has 1 atom stereocenters. The molecule has 0 radical (unpaired) electrons. The van der Waals surface area contributed by atoms with Crippen molar-refractivity contribution in [1.29, 1.82) is 0 Å². The Morgan fingerprint density at radius 1 is 1.35 bits per heavy atom. The van der Waals surface area contributed by atoms with Gasteiger partial charge in [-0.15, -0.1) is 0 Å². The van der Waals surface area contributed by atoms with E-state index in [0.717, 1.165) is 12.8 Å². The first-order valence-electron chi connectivity index (χ1n) is 6.51. The van der Waals surface area contributed by atoms with E-state index < -0.39 is 5.91 Å². The molecule has 5 heteroatoms. The van der Waals surface area contributed by atoms with E-state index in [0.29, 0.717) is 6.54 Å². The summed E-state index contributed by atoms with van der Waals surface area (Å²) in [6, 6.07) is 0. The van der Waals surface area contributed by atoms with Gasteiger partial charge in [0.25, 0.3) is 0 Å². The molecular formula is C12H22N2O3. The van der Waals surface area contributed by atoms with Crippen LogP contribution in [0.4, 0.5) is 0 Å². The number of carbonyl (C=O) groups is 1. The Bertz CT molecular complexity index is 264. The van der Waals surface area contributed by atoms with Crippen molar-refractivity contribution in [3.63, 3.8) is 0 Å². The van der Waals surface area contributed by atoms with Gasteiger partial charge in [-0.2, -0.15) is 5.48 Å². The van der Waals surface area contributed by atoms with Crippen LogP contribution in [0, 0.1) is 0 Å². The summed E-state index contributed by atoms with van der Waals surface area (Å²) < 4.78 is 6.14. The van der Waals surface area contributed by atoms with Crippen LogP contribution in [0.5, 0.6) is 0 Å². The zero-order chi connectivity index (χ0) is 12.1. The van der Waals surface area contributed by atoms with E-state index in [2.05, 4.69) is 5.48 Å². The fourth-order valence-electron chi connectivity index (χ4n) is 2.88. The molecule has 0 aromatic rings. The highest BCUT2D eigenvalue weighted by Crippen LogP contribution is 2.41. The third-order valence-electron chi connectivity index (χ3n) is 3.73. The molecule has 1 amide bonds. The fourth-order valence-corrected chi connectivity index (χ4v) is 2.88. The summed E-state index contributed by atoms with van der Waals surface area (Å²) in [6.07, 6.45) is 8.77. The zero-order valence-corrected chi connectivity index (χ0v) is 10.2. The third-order valence-corrected chi connectivity index (χ3v) is 3.73. The Kier molecular flexibility index (Phi) is 4.36. The molecule has 98 valence electrons. The molecule has 1 heterocycles. The van der Waals surface area contributed by atoms with E-state index >= 15 is 0 Å². The van der Waals surface area contributed by atoms with Gasteiger partial charge in [-0.1, -0.05) is 19.3 Å². The van der Waals surface area contributed by atoms with Crippen LogP contribution in [0.3, 0.4) is 0 Å². The molecule has 0 aromatic carbocycles. The Balaban J connectivity index is 1.65. The summed E-state index contributed by atoms with van der Waals surface area (Å²) in [6.45, 7) is 0.549. The average molecular weight is 242 g/mol. The van der Waals surface area contributed by atoms with Crippen molar-refractivity contribution >= 4 is 5.91 Å². The van der Waals surface area contributed by atoms with Crippen molar-refractivity contribution in [3.05, 3.63) is 0 Å². The van der Waals surface area contributed by atoms with E-state index in [1.165, 1.54) is 32.1 Å². The van der Waals surface area contributed by atoms with Crippen LogP contribution in [-0.4, -0.2) is 30.8 Å². The fraction of sp³-hybridized carbons (Fsp3) is 0.917. The smallest absolute Gasteiger partial charge is 0.245 e. The van der Waals surface area contributed by atoms with Gasteiger partial charge in [0.1, 0.15) is 6.61 Å². The number of carbonyl (C=O) groups excluding carboxylic acids is 1. The lowest BCUT2D eigenvalue weighted by Gasteiger charge is -2.33. The minimum absolute atomic E-state index is 0.0855. The van der Waals surface area contributed by atoms with Crippen LogP contribution >= 0.6 is 0 Å². The van der Waals surface area contributed by atoms with E-state index in [1.807, 2.05) is 0 Å². The summed E-state index contributed by atoms with van der Waals surface area (Å²) in [7, 11) is 0. The lowest BCUT2D eigenvalue weighted by atomic mass is 9.83. The van der Waals surface area contributed by atoms with Gasteiger partial charge in [0.15, 0.2) is 0 Å². The monoisotopic (exact) mass is 242 g/mol. The van der Waals surface area contributed by atoms with Crippen LogP contribution < -0.4 is 11.2 Å². The minimum Gasteiger partial charge on any atom is -0.370 e. The van der Waals surface area contributed by atoms with Crippen LogP contribution in [0.2, 0.25) is 0 Å². The number of primary amides is 1. The van der Waals surface area contributed by atoms with Crippen molar-refractivity contribution in [2.75, 3.05) is 13.2 Å². The minimum atomic E-state index is -0.464. The van der Waals surface area contributed by atoms with Gasteiger partial charge in [-0.05, 0) is 25.7 Å². The maximum absolute atomic E-state index is 10.5. The van der Waals surface area contributed by atoms with Crippen LogP contribution in [0.25, 0.3) is 0 Å². The van der Waals surface area contributed by atoms with Crippen molar-refractivity contribution in [3.8, 4) is 0 Å². The summed E-state index contributed by atoms with van der Waals surface area (Å²) in [5.74, 6) is -0.464. The highest BCUT2D eigenvalue weighted by Gasteiger charge is 2.40. The first-order chi connectivity index (χ1) is 8.20. The number of nitrogens with two attached hydrogens (primary N) is 1. The van der Waals surface area contributed by atoms with E-state index in [-0.39, 0.29) is 18.3 Å². The molecule has 0 aromatic heterocycles. The van der Waals surface area contributed by atoms with E-state index in [9.17, 15) is 4.79 Å². The Labute approximate surface area is 102 Å². The standard InChI is InChI=1S/C12H22N2O3/c13-11(15)9-16-14-8-10-4-7-12(17-10)5-2-1-3-6-12/h10,14H,1-9H2,(H2,13,15). The summed E-state index contributed by atoms with van der Waals surface area (Å²) >= 11 is 0. The third kappa shape index (κ3) is 3.66. The van der Waals surface area contributed by atoms with Gasteiger partial charge in [0, 0.05) is 6.54 Å². The molecule has 1 aliphatic heterocycles. The average Bonchev–Trinajstić information content (AvgIpc) is 2.69. The lowest BCUT2D eigenvalue weighted by molar-refractivity contribution is -0.126. The molecule has 2 rings (SSSR count). The van der Waals surface area contributed by atoms with Gasteiger partial charge >= 0.3 is 0 Å². The quantitative estimate of drug-likeness (QED) is 0.554. The number of amides is 1. The molecule has 1 saturated heterocycles. The van der Waals surface area contributed by atoms with Crippen LogP contribution in [0.15, 0.2) is 0 Å². The molecule has 2 aliphatic rings. The van der Waals surface area contributed by atoms with Crippen molar-refractivity contribution in [1.82, 2.24) is 5.48 Å². The Morgan fingerprint density at radius 2 is 2.12 bits per heavy atom. The molecule has 1 unspecified atom stereocenters. The van der Waals surface area contributed by atoms with Gasteiger partial charge in [0.05, 0.1) is 11.7 Å². The summed E-state index contributed by atoms with van der Waals surface area (Å²) in [5, 5.41) is 0. The van der Waals surface area contributed by atoms with E-state index in [1.54, 1.807) is 0 Å².